The molecule has 0 saturated heterocycles. The molecule has 0 aromatic carbocycles. The van der Waals surface area contributed by atoms with Crippen molar-refractivity contribution in [3.8, 4) is 0 Å². The van der Waals surface area contributed by atoms with Gasteiger partial charge in [-0.3, -0.25) is 4.79 Å². The number of carbonyl (C=O) groups excluding carboxylic acids is 1. The molecule has 0 bridgehead atoms. The molecular formula is C12H18N2O2. The number of aryl methyl sites for hydroxylation is 1. The summed E-state index contributed by atoms with van der Waals surface area (Å²) in [6, 6.07) is 3.79. The molecule has 1 aliphatic rings. The number of nitrogens with two attached hydrogens (primary N) is 1. The standard InChI is InChI=1S/C12H18N2O2/c1-9-4-5-10(16-9)8-14(2)11(15)12(13)6-3-7-12/h4-5H,3,6-8,13H2,1-2H3. The normalized spacial score (nSPS) is 17.9. The summed E-state index contributed by atoms with van der Waals surface area (Å²) >= 11 is 0. The summed E-state index contributed by atoms with van der Waals surface area (Å²) in [5.74, 6) is 1.69. The minimum atomic E-state index is -0.615. The van der Waals surface area contributed by atoms with Crippen molar-refractivity contribution in [1.82, 2.24) is 4.90 Å². The van der Waals surface area contributed by atoms with Crippen LogP contribution in [-0.4, -0.2) is 23.4 Å². The van der Waals surface area contributed by atoms with Crippen LogP contribution in [0.15, 0.2) is 16.5 Å². The second-order valence-electron chi connectivity index (χ2n) is 4.68. The number of furan rings is 1. The maximum absolute atomic E-state index is 12.0. The molecule has 16 heavy (non-hydrogen) atoms. The zero-order valence-electron chi connectivity index (χ0n) is 9.82. The van der Waals surface area contributed by atoms with Crippen molar-refractivity contribution in [2.45, 2.75) is 38.3 Å². The van der Waals surface area contributed by atoms with E-state index in [2.05, 4.69) is 0 Å². The van der Waals surface area contributed by atoms with E-state index in [0.29, 0.717) is 6.54 Å². The summed E-state index contributed by atoms with van der Waals surface area (Å²) in [5.41, 5.74) is 5.37. The van der Waals surface area contributed by atoms with Crippen LogP contribution < -0.4 is 5.73 Å². The lowest BCUT2D eigenvalue weighted by Crippen LogP contribution is -2.58. The predicted octanol–water partition coefficient (Wildman–Crippen LogP) is 1.43. The Morgan fingerprint density at radius 1 is 1.56 bits per heavy atom. The highest BCUT2D eigenvalue weighted by molar-refractivity contribution is 5.86. The van der Waals surface area contributed by atoms with Gasteiger partial charge in [0.2, 0.25) is 5.91 Å². The number of carbonyl (C=O) groups is 1. The summed E-state index contributed by atoms with van der Waals surface area (Å²) in [6.45, 7) is 2.38. The lowest BCUT2D eigenvalue weighted by atomic mass is 9.76. The smallest absolute Gasteiger partial charge is 0.242 e. The molecule has 1 aromatic rings. The first-order valence-electron chi connectivity index (χ1n) is 5.61. The van der Waals surface area contributed by atoms with Gasteiger partial charge in [0.25, 0.3) is 0 Å². The third-order valence-corrected chi connectivity index (χ3v) is 3.21. The number of likely N-dealkylation sites (N-methyl/N-ethyl adjacent to an activating group) is 1. The van der Waals surface area contributed by atoms with Gasteiger partial charge in [0.1, 0.15) is 11.5 Å². The predicted molar refractivity (Wildman–Crippen MR) is 60.7 cm³/mol. The van der Waals surface area contributed by atoms with Gasteiger partial charge < -0.3 is 15.1 Å². The summed E-state index contributed by atoms with van der Waals surface area (Å²) < 4.78 is 5.43. The van der Waals surface area contributed by atoms with Gasteiger partial charge in [-0.25, -0.2) is 0 Å². The Bertz CT molecular complexity index is 393. The first-order chi connectivity index (χ1) is 7.51. The minimum Gasteiger partial charge on any atom is -0.464 e. The average molecular weight is 222 g/mol. The van der Waals surface area contributed by atoms with Crippen molar-refractivity contribution in [2.24, 2.45) is 5.73 Å². The average Bonchev–Trinajstić information content (AvgIpc) is 2.59. The molecule has 4 heteroatoms. The monoisotopic (exact) mass is 222 g/mol. The zero-order valence-corrected chi connectivity index (χ0v) is 9.82. The van der Waals surface area contributed by atoms with Gasteiger partial charge in [-0.1, -0.05) is 0 Å². The summed E-state index contributed by atoms with van der Waals surface area (Å²) in [7, 11) is 1.77. The summed E-state index contributed by atoms with van der Waals surface area (Å²) in [5, 5.41) is 0. The fourth-order valence-corrected chi connectivity index (χ4v) is 2.03. The van der Waals surface area contributed by atoms with E-state index in [1.807, 2.05) is 19.1 Å². The van der Waals surface area contributed by atoms with Crippen LogP contribution in [0.3, 0.4) is 0 Å². The molecule has 1 fully saturated rings. The van der Waals surface area contributed by atoms with Gasteiger partial charge in [0.05, 0.1) is 12.1 Å². The third kappa shape index (κ3) is 1.97. The number of amides is 1. The number of hydrogen-bond donors (Lipinski definition) is 1. The Labute approximate surface area is 95.4 Å². The molecule has 1 aliphatic carbocycles. The molecule has 1 saturated carbocycles. The van der Waals surface area contributed by atoms with Crippen molar-refractivity contribution >= 4 is 5.91 Å². The Hall–Kier alpha value is -1.29. The lowest BCUT2D eigenvalue weighted by Gasteiger charge is -2.39. The number of rotatable bonds is 3. The SMILES string of the molecule is Cc1ccc(CN(C)C(=O)C2(N)CCC2)o1. The van der Waals surface area contributed by atoms with Gasteiger partial charge in [0, 0.05) is 7.05 Å². The van der Waals surface area contributed by atoms with Crippen LogP contribution in [0, 0.1) is 6.92 Å². The molecular weight excluding hydrogens is 204 g/mol. The molecule has 0 aliphatic heterocycles. The topological polar surface area (TPSA) is 59.5 Å². The van der Waals surface area contributed by atoms with Gasteiger partial charge in [0.15, 0.2) is 0 Å². The Morgan fingerprint density at radius 3 is 2.69 bits per heavy atom. The van der Waals surface area contributed by atoms with Crippen LogP contribution in [0.2, 0.25) is 0 Å². The summed E-state index contributed by atoms with van der Waals surface area (Å²) in [4.78, 5) is 13.7. The first kappa shape index (κ1) is 11.2. The van der Waals surface area contributed by atoms with E-state index in [9.17, 15) is 4.79 Å². The second-order valence-corrected chi connectivity index (χ2v) is 4.68. The molecule has 0 spiro atoms. The molecule has 2 rings (SSSR count). The van der Waals surface area contributed by atoms with E-state index >= 15 is 0 Å². The summed E-state index contributed by atoms with van der Waals surface area (Å²) in [6.07, 6.45) is 2.65. The maximum atomic E-state index is 12.0. The van der Waals surface area contributed by atoms with Crippen molar-refractivity contribution < 1.29 is 9.21 Å². The molecule has 4 nitrogen and oxygen atoms in total. The Balaban J connectivity index is 1.97. The third-order valence-electron chi connectivity index (χ3n) is 3.21. The molecule has 0 unspecified atom stereocenters. The van der Waals surface area contributed by atoms with Gasteiger partial charge in [-0.05, 0) is 38.3 Å². The highest BCUT2D eigenvalue weighted by Crippen LogP contribution is 2.31. The largest absolute Gasteiger partial charge is 0.464 e. The molecule has 88 valence electrons. The van der Waals surface area contributed by atoms with Crippen LogP contribution in [0.25, 0.3) is 0 Å². The van der Waals surface area contributed by atoms with Crippen molar-refractivity contribution in [3.05, 3.63) is 23.7 Å². The van der Waals surface area contributed by atoms with Crippen LogP contribution in [0.5, 0.6) is 0 Å². The minimum absolute atomic E-state index is 0.0211. The zero-order chi connectivity index (χ0) is 11.8. The fraction of sp³-hybridized carbons (Fsp3) is 0.583. The second kappa shape index (κ2) is 3.94. The molecule has 0 radical (unpaired) electrons. The van der Waals surface area contributed by atoms with Crippen molar-refractivity contribution in [3.63, 3.8) is 0 Å². The molecule has 2 N–H and O–H groups in total. The van der Waals surface area contributed by atoms with Gasteiger partial charge in [-0.2, -0.15) is 0 Å². The van der Waals surface area contributed by atoms with Crippen molar-refractivity contribution in [2.75, 3.05) is 7.05 Å². The van der Waals surface area contributed by atoms with Crippen LogP contribution in [0.1, 0.15) is 30.8 Å². The first-order valence-corrected chi connectivity index (χ1v) is 5.61. The van der Waals surface area contributed by atoms with Gasteiger partial charge in [-0.15, -0.1) is 0 Å². The lowest BCUT2D eigenvalue weighted by molar-refractivity contribution is -0.139. The highest BCUT2D eigenvalue weighted by atomic mass is 16.3. The van der Waals surface area contributed by atoms with E-state index in [4.69, 9.17) is 10.2 Å². The fourth-order valence-electron chi connectivity index (χ4n) is 2.03. The maximum Gasteiger partial charge on any atom is 0.242 e. The van der Waals surface area contributed by atoms with Crippen LogP contribution in [-0.2, 0) is 11.3 Å². The van der Waals surface area contributed by atoms with Crippen LogP contribution >= 0.6 is 0 Å². The quantitative estimate of drug-likeness (QED) is 0.841. The Kier molecular flexibility index (Phi) is 2.76. The van der Waals surface area contributed by atoms with E-state index in [-0.39, 0.29) is 5.91 Å². The molecule has 1 aromatic heterocycles. The van der Waals surface area contributed by atoms with E-state index in [1.165, 1.54) is 0 Å². The van der Waals surface area contributed by atoms with E-state index in [0.717, 1.165) is 30.8 Å². The van der Waals surface area contributed by atoms with Crippen LogP contribution in [0.4, 0.5) is 0 Å². The molecule has 0 atom stereocenters. The van der Waals surface area contributed by atoms with E-state index < -0.39 is 5.54 Å². The number of hydrogen-bond acceptors (Lipinski definition) is 3. The van der Waals surface area contributed by atoms with Gasteiger partial charge >= 0.3 is 0 Å². The van der Waals surface area contributed by atoms with Crippen molar-refractivity contribution in [1.29, 1.82) is 0 Å². The highest BCUT2D eigenvalue weighted by Gasteiger charge is 2.41. The molecule has 1 heterocycles. The van der Waals surface area contributed by atoms with E-state index in [1.54, 1.807) is 11.9 Å². The Morgan fingerprint density at radius 2 is 2.25 bits per heavy atom. The number of nitrogens with zero attached hydrogens (tertiary/aromatic N) is 1. The molecule has 1 amide bonds.